The number of carbonyl (C=O) groups excluding carboxylic acids is 1. The van der Waals surface area contributed by atoms with Crippen LogP contribution in [0.3, 0.4) is 0 Å². The van der Waals surface area contributed by atoms with E-state index in [1.165, 1.54) is 0 Å². The number of aromatic nitrogens is 1. The smallest absolute Gasteiger partial charge is 0.237 e. The molecule has 2 heterocycles. The predicted octanol–water partition coefficient (Wildman–Crippen LogP) is 2.15. The molecule has 6 heteroatoms. The Balaban J connectivity index is 1.63. The van der Waals surface area contributed by atoms with Gasteiger partial charge in [-0.3, -0.25) is 9.69 Å². The monoisotopic (exact) mass is 331 g/mol. The zero-order valence-corrected chi connectivity index (χ0v) is 14.0. The van der Waals surface area contributed by atoms with E-state index >= 15 is 0 Å². The van der Waals surface area contributed by atoms with E-state index in [2.05, 4.69) is 15.2 Å². The first-order chi connectivity index (χ1) is 11.3. The summed E-state index contributed by atoms with van der Waals surface area (Å²) >= 11 is 1.61. The maximum absolute atomic E-state index is 12.4. The lowest BCUT2D eigenvalue weighted by Crippen LogP contribution is -2.49. The third kappa shape index (κ3) is 3.96. The average molecular weight is 331 g/mol. The van der Waals surface area contributed by atoms with Crippen molar-refractivity contribution in [1.29, 1.82) is 0 Å². The highest BCUT2D eigenvalue weighted by Crippen LogP contribution is 2.25. The van der Waals surface area contributed by atoms with Crippen LogP contribution in [0.4, 0.5) is 0 Å². The van der Waals surface area contributed by atoms with Gasteiger partial charge in [-0.2, -0.15) is 0 Å². The van der Waals surface area contributed by atoms with Crippen LogP contribution in [0.25, 0.3) is 10.6 Å². The highest BCUT2D eigenvalue weighted by molar-refractivity contribution is 7.13. The molecule has 1 aromatic carbocycles. The van der Waals surface area contributed by atoms with Gasteiger partial charge in [-0.25, -0.2) is 4.98 Å². The minimum absolute atomic E-state index is 0.0563. The maximum atomic E-state index is 12.4. The molecule has 5 nitrogen and oxygen atoms in total. The summed E-state index contributed by atoms with van der Waals surface area (Å²) in [6, 6.07) is 7.94. The molecule has 1 amide bonds. The third-order valence-electron chi connectivity index (χ3n) is 4.11. The van der Waals surface area contributed by atoms with Crippen molar-refractivity contribution < 1.29 is 9.53 Å². The van der Waals surface area contributed by atoms with Crippen molar-refractivity contribution in [3.05, 3.63) is 41.4 Å². The van der Waals surface area contributed by atoms with Crippen molar-refractivity contribution in [1.82, 2.24) is 15.2 Å². The fourth-order valence-electron chi connectivity index (χ4n) is 2.70. The molecule has 1 fully saturated rings. The van der Waals surface area contributed by atoms with Crippen LogP contribution >= 0.6 is 11.3 Å². The lowest BCUT2D eigenvalue weighted by Gasteiger charge is -2.31. The lowest BCUT2D eigenvalue weighted by molar-refractivity contribution is -0.127. The van der Waals surface area contributed by atoms with Crippen LogP contribution in [-0.2, 0) is 16.1 Å². The normalized spacial score (nSPS) is 16.9. The van der Waals surface area contributed by atoms with Gasteiger partial charge in [-0.1, -0.05) is 24.3 Å². The largest absolute Gasteiger partial charge is 0.379 e. The van der Waals surface area contributed by atoms with Crippen molar-refractivity contribution in [2.45, 2.75) is 19.5 Å². The number of benzene rings is 1. The fourth-order valence-corrected chi connectivity index (χ4v) is 3.40. The lowest BCUT2D eigenvalue weighted by atomic mass is 10.1. The Morgan fingerprint density at radius 1 is 1.39 bits per heavy atom. The van der Waals surface area contributed by atoms with E-state index in [9.17, 15) is 4.79 Å². The first-order valence-corrected chi connectivity index (χ1v) is 8.71. The number of amides is 1. The van der Waals surface area contributed by atoms with E-state index in [-0.39, 0.29) is 11.9 Å². The molecule has 0 radical (unpaired) electrons. The summed E-state index contributed by atoms with van der Waals surface area (Å²) in [5.41, 5.74) is 2.17. The molecule has 1 saturated heterocycles. The molecule has 1 aliphatic rings. The molecule has 0 bridgehead atoms. The number of ether oxygens (including phenoxy) is 1. The Labute approximate surface area is 140 Å². The summed E-state index contributed by atoms with van der Waals surface area (Å²) in [6.07, 6.45) is 1.80. The topological polar surface area (TPSA) is 54.5 Å². The van der Waals surface area contributed by atoms with Crippen molar-refractivity contribution in [3.8, 4) is 10.6 Å². The second kappa shape index (κ2) is 7.68. The second-order valence-electron chi connectivity index (χ2n) is 5.54. The van der Waals surface area contributed by atoms with Gasteiger partial charge in [0.05, 0.1) is 19.3 Å². The third-order valence-corrected chi connectivity index (χ3v) is 4.91. The summed E-state index contributed by atoms with van der Waals surface area (Å²) in [5.74, 6) is 0.0563. The molecule has 0 saturated carbocycles. The summed E-state index contributed by atoms with van der Waals surface area (Å²) < 4.78 is 5.34. The fraction of sp³-hybridized carbons (Fsp3) is 0.412. The van der Waals surface area contributed by atoms with Gasteiger partial charge in [0.15, 0.2) is 0 Å². The average Bonchev–Trinajstić information content (AvgIpc) is 3.14. The molecule has 1 aliphatic heterocycles. The van der Waals surface area contributed by atoms with Crippen LogP contribution in [-0.4, -0.2) is 48.1 Å². The molecular formula is C17H21N3O2S. The molecule has 2 aromatic rings. The van der Waals surface area contributed by atoms with Crippen LogP contribution in [0.1, 0.15) is 12.5 Å². The number of nitrogens with one attached hydrogen (secondary N) is 1. The van der Waals surface area contributed by atoms with E-state index in [1.54, 1.807) is 17.5 Å². The van der Waals surface area contributed by atoms with E-state index in [0.717, 1.165) is 29.2 Å². The molecule has 1 unspecified atom stereocenters. The highest BCUT2D eigenvalue weighted by atomic mass is 32.1. The molecule has 1 atom stereocenters. The molecule has 23 heavy (non-hydrogen) atoms. The summed E-state index contributed by atoms with van der Waals surface area (Å²) in [6.45, 7) is 5.49. The molecule has 0 spiro atoms. The van der Waals surface area contributed by atoms with Crippen LogP contribution < -0.4 is 5.32 Å². The summed E-state index contributed by atoms with van der Waals surface area (Å²) in [4.78, 5) is 18.9. The first kappa shape index (κ1) is 16.1. The van der Waals surface area contributed by atoms with Gasteiger partial charge >= 0.3 is 0 Å². The molecule has 0 aliphatic carbocycles. The molecule has 122 valence electrons. The molecule has 1 N–H and O–H groups in total. The number of hydrogen-bond donors (Lipinski definition) is 1. The highest BCUT2D eigenvalue weighted by Gasteiger charge is 2.23. The van der Waals surface area contributed by atoms with Crippen LogP contribution in [0.15, 0.2) is 35.8 Å². The van der Waals surface area contributed by atoms with Crippen LogP contribution in [0, 0.1) is 0 Å². The van der Waals surface area contributed by atoms with E-state index in [0.29, 0.717) is 19.8 Å². The van der Waals surface area contributed by atoms with Gasteiger partial charge in [-0.15, -0.1) is 11.3 Å². The Morgan fingerprint density at radius 2 is 2.17 bits per heavy atom. The van der Waals surface area contributed by atoms with Crippen molar-refractivity contribution in [3.63, 3.8) is 0 Å². The zero-order chi connectivity index (χ0) is 16.1. The van der Waals surface area contributed by atoms with Crippen molar-refractivity contribution in [2.24, 2.45) is 0 Å². The van der Waals surface area contributed by atoms with E-state index in [4.69, 9.17) is 4.74 Å². The summed E-state index contributed by atoms with van der Waals surface area (Å²) in [5, 5.41) is 6.00. The number of rotatable bonds is 5. The standard InChI is InChI=1S/C17H21N3O2S/c1-13(20-7-9-22-10-8-20)16(21)19-12-14-4-2-3-5-15(14)17-18-6-11-23-17/h2-6,11,13H,7-10,12H2,1H3,(H,19,21). The molecule has 3 rings (SSSR count). The zero-order valence-electron chi connectivity index (χ0n) is 13.2. The Bertz CT molecular complexity index is 639. The van der Waals surface area contributed by atoms with Gasteiger partial charge in [0.25, 0.3) is 0 Å². The number of carbonyl (C=O) groups is 1. The number of nitrogens with zero attached hydrogens (tertiary/aromatic N) is 2. The maximum Gasteiger partial charge on any atom is 0.237 e. The van der Waals surface area contributed by atoms with Gasteiger partial charge in [0.1, 0.15) is 5.01 Å². The predicted molar refractivity (Wildman–Crippen MR) is 91.3 cm³/mol. The number of thiazole rings is 1. The number of hydrogen-bond acceptors (Lipinski definition) is 5. The SMILES string of the molecule is CC(C(=O)NCc1ccccc1-c1nccs1)N1CCOCC1. The van der Waals surface area contributed by atoms with Crippen LogP contribution in [0.2, 0.25) is 0 Å². The quantitative estimate of drug-likeness (QED) is 0.912. The summed E-state index contributed by atoms with van der Waals surface area (Å²) in [7, 11) is 0. The Kier molecular flexibility index (Phi) is 5.38. The second-order valence-corrected chi connectivity index (χ2v) is 6.43. The van der Waals surface area contributed by atoms with E-state index in [1.807, 2.05) is 36.6 Å². The Morgan fingerprint density at radius 3 is 2.91 bits per heavy atom. The van der Waals surface area contributed by atoms with Crippen LogP contribution in [0.5, 0.6) is 0 Å². The minimum atomic E-state index is -0.133. The first-order valence-electron chi connectivity index (χ1n) is 7.83. The van der Waals surface area contributed by atoms with Gasteiger partial charge in [-0.05, 0) is 12.5 Å². The number of morpholine rings is 1. The van der Waals surface area contributed by atoms with Gasteiger partial charge in [0, 0.05) is 36.8 Å². The molecule has 1 aromatic heterocycles. The van der Waals surface area contributed by atoms with Gasteiger partial charge in [0.2, 0.25) is 5.91 Å². The molecular weight excluding hydrogens is 310 g/mol. The van der Waals surface area contributed by atoms with E-state index < -0.39 is 0 Å². The van der Waals surface area contributed by atoms with Crippen molar-refractivity contribution in [2.75, 3.05) is 26.3 Å². The van der Waals surface area contributed by atoms with Crippen molar-refractivity contribution >= 4 is 17.2 Å². The Hall–Kier alpha value is -1.76. The van der Waals surface area contributed by atoms with Gasteiger partial charge < -0.3 is 10.1 Å². The minimum Gasteiger partial charge on any atom is -0.379 e.